The number of hydrogen-bond donors (Lipinski definition) is 1. The Labute approximate surface area is 173 Å². The van der Waals surface area contributed by atoms with Crippen molar-refractivity contribution in [2.24, 2.45) is 5.41 Å². The second kappa shape index (κ2) is 11.4. The molecule has 0 aliphatic carbocycles. The zero-order valence-corrected chi connectivity index (χ0v) is 19.5. The van der Waals surface area contributed by atoms with Crippen molar-refractivity contribution >= 4 is 29.8 Å². The molecule has 144 valence electrons. The molecule has 0 heterocycles. The second-order valence-corrected chi connectivity index (χ2v) is 11.4. The van der Waals surface area contributed by atoms with Gasteiger partial charge < -0.3 is 9.87 Å². The van der Waals surface area contributed by atoms with Crippen LogP contribution < -0.4 is 34.9 Å². The van der Waals surface area contributed by atoms with Gasteiger partial charge in [-0.3, -0.25) is 0 Å². The van der Waals surface area contributed by atoms with Crippen LogP contribution in [-0.2, 0) is 29.8 Å². The van der Waals surface area contributed by atoms with Crippen molar-refractivity contribution < 1.29 is 59.4 Å². The molecular formula is C13H26NNaO7S3. The van der Waals surface area contributed by atoms with Crippen molar-refractivity contribution in [3.63, 3.8) is 0 Å². The molecule has 12 heteroatoms. The van der Waals surface area contributed by atoms with Gasteiger partial charge in [0, 0.05) is 18.5 Å². The summed E-state index contributed by atoms with van der Waals surface area (Å²) in [6, 6.07) is 0. The van der Waals surface area contributed by atoms with E-state index in [1.54, 1.807) is 13.8 Å². The quantitative estimate of drug-likeness (QED) is 0.185. The molecular weight excluding hydrogens is 401 g/mol. The van der Waals surface area contributed by atoms with Crippen molar-refractivity contribution in [1.82, 2.24) is 5.32 Å². The van der Waals surface area contributed by atoms with Gasteiger partial charge in [0.1, 0.15) is 0 Å². The Morgan fingerprint density at radius 3 is 1.84 bits per heavy atom. The van der Waals surface area contributed by atoms with Crippen LogP contribution in [0, 0.1) is 5.41 Å². The fraction of sp³-hybridized carbons (Fsp3) is 0.846. The van der Waals surface area contributed by atoms with E-state index in [9.17, 15) is 29.8 Å². The SMILES string of the molecule is C=CS(=O)(=O)CC(CC)(CC)CS(=O)(=O)CCNCCS(=O)(=O)[O-].[Na+]. The fourth-order valence-electron chi connectivity index (χ4n) is 2.27. The van der Waals surface area contributed by atoms with Crippen molar-refractivity contribution in [2.75, 3.05) is 36.1 Å². The minimum atomic E-state index is -4.34. The average Bonchev–Trinajstić information content (AvgIpc) is 2.44. The number of nitrogens with one attached hydrogen (secondary N) is 1. The van der Waals surface area contributed by atoms with E-state index < -0.39 is 41.0 Å². The average molecular weight is 428 g/mol. The molecule has 0 spiro atoms. The number of hydrogen-bond acceptors (Lipinski definition) is 8. The van der Waals surface area contributed by atoms with Gasteiger partial charge in [-0.25, -0.2) is 25.3 Å². The first kappa shape index (κ1) is 27.7. The normalized spacial score (nSPS) is 13.2. The summed E-state index contributed by atoms with van der Waals surface area (Å²) in [4.78, 5) is 0. The van der Waals surface area contributed by atoms with Gasteiger partial charge in [0.05, 0.1) is 33.1 Å². The van der Waals surface area contributed by atoms with Gasteiger partial charge >= 0.3 is 29.6 Å². The van der Waals surface area contributed by atoms with Crippen molar-refractivity contribution in [3.05, 3.63) is 12.0 Å². The molecule has 0 saturated carbocycles. The van der Waals surface area contributed by atoms with E-state index in [0.717, 1.165) is 5.41 Å². The van der Waals surface area contributed by atoms with E-state index in [1.165, 1.54) is 0 Å². The molecule has 0 unspecified atom stereocenters. The maximum atomic E-state index is 12.3. The van der Waals surface area contributed by atoms with E-state index >= 15 is 0 Å². The van der Waals surface area contributed by atoms with Gasteiger partial charge in [-0.15, -0.1) is 0 Å². The van der Waals surface area contributed by atoms with Gasteiger partial charge in [0.25, 0.3) is 0 Å². The van der Waals surface area contributed by atoms with Crippen LogP contribution in [-0.4, -0.2) is 65.9 Å². The second-order valence-electron chi connectivity index (χ2n) is 5.78. The van der Waals surface area contributed by atoms with Crippen LogP contribution in [0.25, 0.3) is 0 Å². The Kier molecular flexibility index (Phi) is 12.6. The van der Waals surface area contributed by atoms with E-state index in [1.807, 2.05) is 0 Å². The van der Waals surface area contributed by atoms with Gasteiger partial charge in [0.2, 0.25) is 0 Å². The Morgan fingerprint density at radius 1 is 0.960 bits per heavy atom. The zero-order valence-electron chi connectivity index (χ0n) is 15.0. The van der Waals surface area contributed by atoms with Gasteiger partial charge in [-0.05, 0) is 18.3 Å². The van der Waals surface area contributed by atoms with Crippen molar-refractivity contribution in [2.45, 2.75) is 26.7 Å². The summed E-state index contributed by atoms with van der Waals surface area (Å²) >= 11 is 0. The predicted octanol–water partition coefficient (Wildman–Crippen LogP) is -3.10. The van der Waals surface area contributed by atoms with E-state index in [-0.39, 0.29) is 59.9 Å². The molecule has 0 aromatic rings. The molecule has 0 radical (unpaired) electrons. The molecule has 0 aromatic carbocycles. The molecule has 0 rings (SSSR count). The van der Waals surface area contributed by atoms with E-state index in [4.69, 9.17) is 0 Å². The summed E-state index contributed by atoms with van der Waals surface area (Å²) in [5.74, 6) is -1.43. The van der Waals surface area contributed by atoms with Crippen molar-refractivity contribution in [1.29, 1.82) is 0 Å². The molecule has 0 aliphatic rings. The van der Waals surface area contributed by atoms with Crippen LogP contribution in [0.2, 0.25) is 0 Å². The summed E-state index contributed by atoms with van der Waals surface area (Å²) in [5, 5.41) is 3.42. The molecule has 25 heavy (non-hydrogen) atoms. The van der Waals surface area contributed by atoms with Crippen LogP contribution >= 0.6 is 0 Å². The molecule has 0 atom stereocenters. The van der Waals surface area contributed by atoms with E-state index in [0.29, 0.717) is 12.8 Å². The third-order valence-corrected chi connectivity index (χ3v) is 8.01. The van der Waals surface area contributed by atoms with Crippen LogP contribution in [0.15, 0.2) is 12.0 Å². The first-order chi connectivity index (χ1) is 10.8. The number of rotatable bonds is 13. The first-order valence-electron chi connectivity index (χ1n) is 7.50. The third kappa shape index (κ3) is 12.5. The monoisotopic (exact) mass is 427 g/mol. The first-order valence-corrected chi connectivity index (χ1v) is 12.6. The fourth-order valence-corrected chi connectivity index (χ4v) is 6.32. The van der Waals surface area contributed by atoms with Gasteiger partial charge in [-0.1, -0.05) is 20.4 Å². The molecule has 1 N–H and O–H groups in total. The van der Waals surface area contributed by atoms with Crippen LogP contribution in [0.4, 0.5) is 0 Å². The minimum Gasteiger partial charge on any atom is -0.748 e. The molecule has 0 fully saturated rings. The van der Waals surface area contributed by atoms with Crippen molar-refractivity contribution in [3.8, 4) is 0 Å². The molecule has 0 aromatic heterocycles. The number of sulfone groups is 2. The standard InChI is InChI=1S/C13H27NO7S3.Na/c1-4-13(5-2,11-22(15,16)6-3)12-23(17,18)9-7-14-8-10-24(19,20)21;/h6,14H,3-5,7-12H2,1-2H3,(H,19,20,21);/q;+1/p-1. The van der Waals surface area contributed by atoms with E-state index in [2.05, 4.69) is 11.9 Å². The smallest absolute Gasteiger partial charge is 0.748 e. The van der Waals surface area contributed by atoms with Crippen LogP contribution in [0.5, 0.6) is 0 Å². The summed E-state index contributed by atoms with van der Waals surface area (Å²) in [6.07, 6.45) is 0.773. The zero-order chi connectivity index (χ0) is 19.1. The maximum absolute atomic E-state index is 12.3. The Bertz CT molecular complexity index is 711. The third-order valence-electron chi connectivity index (χ3n) is 3.91. The Balaban J connectivity index is 0. The predicted molar refractivity (Wildman–Crippen MR) is 93.1 cm³/mol. The van der Waals surface area contributed by atoms with Gasteiger partial charge in [0.15, 0.2) is 19.7 Å². The molecule has 0 bridgehead atoms. The van der Waals surface area contributed by atoms with Crippen LogP contribution in [0.1, 0.15) is 26.7 Å². The Morgan fingerprint density at radius 2 is 1.44 bits per heavy atom. The summed E-state index contributed by atoms with van der Waals surface area (Å²) in [6.45, 7) is 6.61. The minimum absolute atomic E-state index is 0. The molecule has 8 nitrogen and oxygen atoms in total. The molecule has 0 saturated heterocycles. The Hall–Kier alpha value is 0.510. The molecule has 0 aliphatic heterocycles. The largest absolute Gasteiger partial charge is 1.00 e. The van der Waals surface area contributed by atoms with Crippen LogP contribution in [0.3, 0.4) is 0 Å². The van der Waals surface area contributed by atoms with Gasteiger partial charge in [-0.2, -0.15) is 0 Å². The summed E-state index contributed by atoms with van der Waals surface area (Å²) < 4.78 is 79.4. The molecule has 0 amide bonds. The maximum Gasteiger partial charge on any atom is 1.00 e. The summed E-state index contributed by atoms with van der Waals surface area (Å²) in [5.41, 5.74) is -0.885. The summed E-state index contributed by atoms with van der Waals surface area (Å²) in [7, 11) is -11.4. The topological polar surface area (TPSA) is 138 Å².